The Balaban J connectivity index is 1.63. The van der Waals surface area contributed by atoms with Gasteiger partial charge in [-0.15, -0.1) is 0 Å². The van der Waals surface area contributed by atoms with Gasteiger partial charge in [-0.1, -0.05) is 17.7 Å². The fourth-order valence-electron chi connectivity index (χ4n) is 1.40. The standard InChI is InChI=1S/C12H14ClN3O/c13-10-2-1-3-11(8-10)17-7-6-14-9-12-15-4-5-16-12/h1-5,8,14H,6-7,9H2,(H,15,16). The largest absolute Gasteiger partial charge is 0.492 e. The molecule has 17 heavy (non-hydrogen) atoms. The van der Waals surface area contributed by atoms with Crippen LogP contribution in [0.3, 0.4) is 0 Å². The first-order valence-electron chi connectivity index (χ1n) is 5.42. The predicted molar refractivity (Wildman–Crippen MR) is 67.2 cm³/mol. The summed E-state index contributed by atoms with van der Waals surface area (Å²) in [6.07, 6.45) is 3.54. The lowest BCUT2D eigenvalue weighted by molar-refractivity contribution is 0.313. The minimum atomic E-state index is 0.598. The molecule has 0 spiro atoms. The number of hydrogen-bond acceptors (Lipinski definition) is 3. The number of hydrogen-bond donors (Lipinski definition) is 2. The van der Waals surface area contributed by atoms with Crippen molar-refractivity contribution in [1.29, 1.82) is 0 Å². The number of ether oxygens (including phenoxy) is 1. The quantitative estimate of drug-likeness (QED) is 0.774. The minimum absolute atomic E-state index is 0.598. The van der Waals surface area contributed by atoms with Crippen molar-refractivity contribution in [3.05, 3.63) is 47.5 Å². The maximum absolute atomic E-state index is 5.84. The molecular formula is C12H14ClN3O. The molecule has 0 unspecified atom stereocenters. The van der Waals surface area contributed by atoms with E-state index in [0.717, 1.165) is 18.1 Å². The summed E-state index contributed by atoms with van der Waals surface area (Å²) in [7, 11) is 0. The van der Waals surface area contributed by atoms with Gasteiger partial charge in [-0.2, -0.15) is 0 Å². The highest BCUT2D eigenvalue weighted by Gasteiger charge is 1.96. The fraction of sp³-hybridized carbons (Fsp3) is 0.250. The highest BCUT2D eigenvalue weighted by Crippen LogP contribution is 2.16. The molecule has 0 saturated carbocycles. The molecule has 0 saturated heterocycles. The molecule has 1 aromatic heterocycles. The van der Waals surface area contributed by atoms with Crippen LogP contribution in [0.15, 0.2) is 36.7 Å². The summed E-state index contributed by atoms with van der Waals surface area (Å²) in [5.41, 5.74) is 0. The van der Waals surface area contributed by atoms with E-state index in [2.05, 4.69) is 15.3 Å². The maximum atomic E-state index is 5.84. The van der Waals surface area contributed by atoms with Crippen LogP contribution in [0.25, 0.3) is 0 Å². The van der Waals surface area contributed by atoms with Crippen molar-refractivity contribution in [2.24, 2.45) is 0 Å². The zero-order valence-electron chi connectivity index (χ0n) is 9.32. The summed E-state index contributed by atoms with van der Waals surface area (Å²) < 4.78 is 5.53. The van der Waals surface area contributed by atoms with Gasteiger partial charge in [0.15, 0.2) is 0 Å². The van der Waals surface area contributed by atoms with Crippen LogP contribution >= 0.6 is 11.6 Å². The third-order valence-electron chi connectivity index (χ3n) is 2.19. The molecular weight excluding hydrogens is 238 g/mol. The molecule has 2 aromatic rings. The molecule has 90 valence electrons. The molecule has 2 N–H and O–H groups in total. The van der Waals surface area contributed by atoms with Gasteiger partial charge in [-0.05, 0) is 18.2 Å². The second-order valence-electron chi connectivity index (χ2n) is 3.52. The molecule has 5 heteroatoms. The van der Waals surface area contributed by atoms with Gasteiger partial charge >= 0.3 is 0 Å². The van der Waals surface area contributed by atoms with Crippen LogP contribution in [-0.4, -0.2) is 23.1 Å². The van der Waals surface area contributed by atoms with Gasteiger partial charge in [-0.25, -0.2) is 4.98 Å². The van der Waals surface area contributed by atoms with Crippen LogP contribution in [0, 0.1) is 0 Å². The second kappa shape index (κ2) is 6.27. The van der Waals surface area contributed by atoms with Crippen molar-refractivity contribution in [2.45, 2.75) is 6.54 Å². The van der Waals surface area contributed by atoms with Crippen molar-refractivity contribution in [1.82, 2.24) is 15.3 Å². The lowest BCUT2D eigenvalue weighted by Crippen LogP contribution is -2.21. The number of halogens is 1. The Kier molecular flexibility index (Phi) is 4.41. The average Bonchev–Trinajstić information content (AvgIpc) is 2.82. The average molecular weight is 252 g/mol. The Morgan fingerprint density at radius 3 is 3.12 bits per heavy atom. The minimum Gasteiger partial charge on any atom is -0.492 e. The van der Waals surface area contributed by atoms with Gasteiger partial charge in [-0.3, -0.25) is 0 Å². The lowest BCUT2D eigenvalue weighted by Gasteiger charge is -2.06. The Morgan fingerprint density at radius 1 is 1.41 bits per heavy atom. The molecule has 2 rings (SSSR count). The SMILES string of the molecule is Clc1cccc(OCCNCc2ncc[nH]2)c1. The third kappa shape index (κ3) is 4.09. The molecule has 0 aliphatic heterocycles. The van der Waals surface area contributed by atoms with Crippen LogP contribution < -0.4 is 10.1 Å². The van der Waals surface area contributed by atoms with Crippen molar-refractivity contribution >= 4 is 11.6 Å². The Morgan fingerprint density at radius 2 is 2.35 bits per heavy atom. The second-order valence-corrected chi connectivity index (χ2v) is 3.95. The van der Waals surface area contributed by atoms with E-state index >= 15 is 0 Å². The van der Waals surface area contributed by atoms with Crippen molar-refractivity contribution < 1.29 is 4.74 Å². The summed E-state index contributed by atoms with van der Waals surface area (Å²) in [5.74, 6) is 1.71. The zero-order valence-corrected chi connectivity index (χ0v) is 10.1. The van der Waals surface area contributed by atoms with E-state index in [4.69, 9.17) is 16.3 Å². The molecule has 1 heterocycles. The van der Waals surface area contributed by atoms with E-state index in [1.807, 2.05) is 18.2 Å². The van der Waals surface area contributed by atoms with E-state index in [0.29, 0.717) is 18.2 Å². The topological polar surface area (TPSA) is 49.9 Å². The summed E-state index contributed by atoms with van der Waals surface area (Å²) in [5, 5.41) is 3.91. The van der Waals surface area contributed by atoms with Crippen LogP contribution in [0.2, 0.25) is 5.02 Å². The van der Waals surface area contributed by atoms with Crippen LogP contribution in [0.1, 0.15) is 5.82 Å². The third-order valence-corrected chi connectivity index (χ3v) is 2.43. The Bertz CT molecular complexity index is 445. The number of rotatable bonds is 6. The number of nitrogens with one attached hydrogen (secondary N) is 2. The maximum Gasteiger partial charge on any atom is 0.120 e. The molecule has 0 amide bonds. The first kappa shape index (κ1) is 12.0. The number of aromatic amines is 1. The van der Waals surface area contributed by atoms with Crippen molar-refractivity contribution in [3.8, 4) is 5.75 Å². The van der Waals surface area contributed by atoms with Crippen molar-refractivity contribution in [2.75, 3.05) is 13.2 Å². The predicted octanol–water partition coefficient (Wildman–Crippen LogP) is 2.23. The van der Waals surface area contributed by atoms with Gasteiger partial charge in [0.2, 0.25) is 0 Å². The number of benzene rings is 1. The normalized spacial score (nSPS) is 10.4. The highest BCUT2D eigenvalue weighted by molar-refractivity contribution is 6.30. The van der Waals surface area contributed by atoms with Crippen LogP contribution in [0.4, 0.5) is 0 Å². The molecule has 0 aliphatic rings. The molecule has 0 atom stereocenters. The number of aromatic nitrogens is 2. The number of imidazole rings is 1. The van der Waals surface area contributed by atoms with Crippen LogP contribution in [0.5, 0.6) is 5.75 Å². The summed E-state index contributed by atoms with van der Waals surface area (Å²) >= 11 is 5.84. The molecule has 1 aromatic carbocycles. The van der Waals surface area contributed by atoms with Gasteiger partial charge in [0.05, 0.1) is 6.54 Å². The van der Waals surface area contributed by atoms with E-state index in [-0.39, 0.29) is 0 Å². The lowest BCUT2D eigenvalue weighted by atomic mass is 10.3. The molecule has 0 aliphatic carbocycles. The van der Waals surface area contributed by atoms with Gasteiger partial charge < -0.3 is 15.0 Å². The molecule has 4 nitrogen and oxygen atoms in total. The first-order chi connectivity index (χ1) is 8.34. The van der Waals surface area contributed by atoms with E-state index < -0.39 is 0 Å². The fourth-order valence-corrected chi connectivity index (χ4v) is 1.58. The molecule has 0 radical (unpaired) electrons. The van der Waals surface area contributed by atoms with E-state index in [1.54, 1.807) is 18.5 Å². The summed E-state index contributed by atoms with van der Waals surface area (Å²) in [6, 6.07) is 7.38. The monoisotopic (exact) mass is 251 g/mol. The van der Waals surface area contributed by atoms with Crippen LogP contribution in [-0.2, 0) is 6.54 Å². The smallest absolute Gasteiger partial charge is 0.120 e. The Hall–Kier alpha value is -1.52. The number of nitrogens with zero attached hydrogens (tertiary/aromatic N) is 1. The highest BCUT2D eigenvalue weighted by atomic mass is 35.5. The van der Waals surface area contributed by atoms with E-state index in [9.17, 15) is 0 Å². The van der Waals surface area contributed by atoms with Crippen molar-refractivity contribution in [3.63, 3.8) is 0 Å². The van der Waals surface area contributed by atoms with Gasteiger partial charge in [0.25, 0.3) is 0 Å². The Labute approximate surface area is 105 Å². The molecule has 0 bridgehead atoms. The number of H-pyrrole nitrogens is 1. The van der Waals surface area contributed by atoms with Gasteiger partial charge in [0.1, 0.15) is 18.2 Å². The summed E-state index contributed by atoms with van der Waals surface area (Å²) in [6.45, 7) is 2.07. The van der Waals surface area contributed by atoms with E-state index in [1.165, 1.54) is 0 Å². The summed E-state index contributed by atoms with van der Waals surface area (Å²) in [4.78, 5) is 7.13. The first-order valence-corrected chi connectivity index (χ1v) is 5.80. The molecule has 0 fully saturated rings. The van der Waals surface area contributed by atoms with Gasteiger partial charge in [0, 0.05) is 24.0 Å². The zero-order chi connectivity index (χ0) is 11.9.